The van der Waals surface area contributed by atoms with E-state index in [4.69, 9.17) is 30.5 Å². The Kier molecular flexibility index (Phi) is 7.31. The molecular formula is C17H18ClNO6. The molecule has 0 amide bonds. The van der Waals surface area contributed by atoms with Crippen LogP contribution in [0.4, 0.5) is 5.69 Å². The highest BCUT2D eigenvalue weighted by Crippen LogP contribution is 2.28. The number of methoxy groups -OCH3 is 1. The molecule has 2 aromatic carbocycles. The maximum Gasteiger partial charge on any atom is 0.271 e. The van der Waals surface area contributed by atoms with E-state index in [0.717, 1.165) is 0 Å². The Balaban J connectivity index is 1.64. The van der Waals surface area contributed by atoms with E-state index in [1.807, 2.05) is 24.3 Å². The molecule has 7 nitrogen and oxygen atoms in total. The lowest BCUT2D eigenvalue weighted by molar-refractivity contribution is -0.384. The molecule has 0 unspecified atom stereocenters. The fraction of sp³-hybridized carbons (Fsp3) is 0.294. The fourth-order valence-electron chi connectivity index (χ4n) is 1.98. The number of ether oxygens (including phenoxy) is 4. The van der Waals surface area contributed by atoms with Crippen molar-refractivity contribution in [2.45, 2.75) is 0 Å². The number of nitrogens with zero attached hydrogens (tertiary/aromatic N) is 1. The smallest absolute Gasteiger partial charge is 0.271 e. The van der Waals surface area contributed by atoms with Gasteiger partial charge in [-0.1, -0.05) is 23.7 Å². The standard InChI is InChI=1S/C17H18ClNO6/c1-22-16-4-2-3-5-17(16)25-11-9-23-8-10-24-15-7-6-13(19(20)21)12-14(15)18/h2-7,12H,8-11H2,1H3. The van der Waals surface area contributed by atoms with E-state index >= 15 is 0 Å². The van der Waals surface area contributed by atoms with E-state index in [9.17, 15) is 10.1 Å². The van der Waals surface area contributed by atoms with Gasteiger partial charge in [-0.15, -0.1) is 0 Å². The van der Waals surface area contributed by atoms with Crippen LogP contribution in [-0.4, -0.2) is 38.5 Å². The molecule has 134 valence electrons. The van der Waals surface area contributed by atoms with Gasteiger partial charge in [-0.05, 0) is 18.2 Å². The Morgan fingerprint density at radius 3 is 2.20 bits per heavy atom. The van der Waals surface area contributed by atoms with Gasteiger partial charge in [0.05, 0.1) is 30.3 Å². The molecule has 2 aromatic rings. The van der Waals surface area contributed by atoms with Crippen LogP contribution in [0.25, 0.3) is 0 Å². The van der Waals surface area contributed by atoms with Crippen LogP contribution < -0.4 is 14.2 Å². The molecule has 25 heavy (non-hydrogen) atoms. The second-order valence-electron chi connectivity index (χ2n) is 4.83. The zero-order valence-electron chi connectivity index (χ0n) is 13.6. The number of halogens is 1. The molecule has 0 aliphatic carbocycles. The Morgan fingerprint density at radius 1 is 0.960 bits per heavy atom. The molecule has 0 aromatic heterocycles. The van der Waals surface area contributed by atoms with Crippen molar-refractivity contribution in [2.75, 3.05) is 33.5 Å². The van der Waals surface area contributed by atoms with Gasteiger partial charge in [0.25, 0.3) is 5.69 Å². The summed E-state index contributed by atoms with van der Waals surface area (Å²) >= 11 is 5.93. The predicted octanol–water partition coefficient (Wildman–Crippen LogP) is 3.73. The van der Waals surface area contributed by atoms with Crippen LogP contribution in [0.3, 0.4) is 0 Å². The van der Waals surface area contributed by atoms with Crippen molar-refractivity contribution < 1.29 is 23.9 Å². The van der Waals surface area contributed by atoms with Gasteiger partial charge < -0.3 is 18.9 Å². The highest BCUT2D eigenvalue weighted by molar-refractivity contribution is 6.32. The van der Waals surface area contributed by atoms with Gasteiger partial charge in [-0.3, -0.25) is 10.1 Å². The molecule has 0 heterocycles. The zero-order valence-corrected chi connectivity index (χ0v) is 14.4. The normalized spacial score (nSPS) is 10.3. The maximum absolute atomic E-state index is 10.6. The number of nitro benzene ring substituents is 1. The van der Waals surface area contributed by atoms with Gasteiger partial charge in [0.2, 0.25) is 0 Å². The van der Waals surface area contributed by atoms with Crippen LogP contribution in [-0.2, 0) is 4.74 Å². The first-order valence-corrected chi connectivity index (χ1v) is 7.90. The van der Waals surface area contributed by atoms with Crippen LogP contribution >= 0.6 is 11.6 Å². The number of hydrogen-bond acceptors (Lipinski definition) is 6. The Morgan fingerprint density at radius 2 is 1.60 bits per heavy atom. The molecule has 0 saturated carbocycles. The molecule has 0 bridgehead atoms. The summed E-state index contributed by atoms with van der Waals surface area (Å²) in [6.07, 6.45) is 0. The quantitative estimate of drug-likeness (QED) is 0.361. The fourth-order valence-corrected chi connectivity index (χ4v) is 2.21. The van der Waals surface area contributed by atoms with Crippen molar-refractivity contribution in [3.8, 4) is 17.2 Å². The van der Waals surface area contributed by atoms with Gasteiger partial charge in [-0.25, -0.2) is 0 Å². The van der Waals surface area contributed by atoms with E-state index in [1.54, 1.807) is 7.11 Å². The summed E-state index contributed by atoms with van der Waals surface area (Å²) in [7, 11) is 1.58. The lowest BCUT2D eigenvalue weighted by atomic mass is 10.3. The summed E-state index contributed by atoms with van der Waals surface area (Å²) in [6, 6.07) is 11.4. The lowest BCUT2D eigenvalue weighted by Crippen LogP contribution is -2.12. The van der Waals surface area contributed by atoms with E-state index in [2.05, 4.69) is 0 Å². The molecule has 0 aliphatic rings. The van der Waals surface area contributed by atoms with Gasteiger partial charge in [-0.2, -0.15) is 0 Å². The van der Waals surface area contributed by atoms with Gasteiger partial charge in [0.1, 0.15) is 19.0 Å². The Bertz CT molecular complexity index is 709. The van der Waals surface area contributed by atoms with Crippen molar-refractivity contribution in [3.05, 3.63) is 57.6 Å². The number of benzene rings is 2. The number of non-ortho nitro benzene ring substituents is 1. The largest absolute Gasteiger partial charge is 0.493 e. The van der Waals surface area contributed by atoms with Gasteiger partial charge >= 0.3 is 0 Å². The third-order valence-electron chi connectivity index (χ3n) is 3.17. The molecule has 0 atom stereocenters. The SMILES string of the molecule is COc1ccccc1OCCOCCOc1ccc([N+](=O)[O-])cc1Cl. The summed E-state index contributed by atoms with van der Waals surface area (Å²) < 4.78 is 21.6. The minimum atomic E-state index is -0.513. The molecule has 0 N–H and O–H groups in total. The molecule has 8 heteroatoms. The second-order valence-corrected chi connectivity index (χ2v) is 5.24. The van der Waals surface area contributed by atoms with Crippen molar-refractivity contribution in [3.63, 3.8) is 0 Å². The topological polar surface area (TPSA) is 80.1 Å². The lowest BCUT2D eigenvalue weighted by Gasteiger charge is -2.11. The summed E-state index contributed by atoms with van der Waals surface area (Å²) in [5.74, 6) is 1.70. The van der Waals surface area contributed by atoms with Crippen LogP contribution in [0.1, 0.15) is 0 Å². The van der Waals surface area contributed by atoms with Crippen LogP contribution in [0.5, 0.6) is 17.2 Å². The number of hydrogen-bond donors (Lipinski definition) is 0. The molecule has 0 radical (unpaired) electrons. The zero-order chi connectivity index (χ0) is 18.1. The van der Waals surface area contributed by atoms with E-state index in [1.165, 1.54) is 18.2 Å². The summed E-state index contributed by atoms with van der Waals surface area (Å²) in [6.45, 7) is 1.36. The molecular weight excluding hydrogens is 350 g/mol. The molecule has 0 fully saturated rings. The van der Waals surface area contributed by atoms with Gasteiger partial charge in [0, 0.05) is 12.1 Å². The highest BCUT2D eigenvalue weighted by atomic mass is 35.5. The van der Waals surface area contributed by atoms with Crippen LogP contribution in [0.15, 0.2) is 42.5 Å². The predicted molar refractivity (Wildman–Crippen MR) is 92.9 cm³/mol. The Hall–Kier alpha value is -2.51. The van der Waals surface area contributed by atoms with Crippen LogP contribution in [0, 0.1) is 10.1 Å². The minimum Gasteiger partial charge on any atom is -0.493 e. The van der Waals surface area contributed by atoms with Crippen molar-refractivity contribution in [1.29, 1.82) is 0 Å². The first kappa shape index (κ1) is 18.8. The van der Waals surface area contributed by atoms with Crippen molar-refractivity contribution in [2.24, 2.45) is 0 Å². The van der Waals surface area contributed by atoms with E-state index in [0.29, 0.717) is 37.1 Å². The van der Waals surface area contributed by atoms with Crippen LogP contribution in [0.2, 0.25) is 5.02 Å². The van der Waals surface area contributed by atoms with Crippen molar-refractivity contribution in [1.82, 2.24) is 0 Å². The maximum atomic E-state index is 10.6. The summed E-state index contributed by atoms with van der Waals surface area (Å²) in [5, 5.41) is 10.8. The van der Waals surface area contributed by atoms with E-state index in [-0.39, 0.29) is 17.3 Å². The first-order chi connectivity index (χ1) is 12.1. The summed E-state index contributed by atoms with van der Waals surface area (Å²) in [4.78, 5) is 10.1. The summed E-state index contributed by atoms with van der Waals surface area (Å²) in [5.41, 5.74) is -0.0814. The number of para-hydroxylation sites is 2. The molecule has 0 spiro atoms. The number of rotatable bonds is 10. The average Bonchev–Trinajstić information content (AvgIpc) is 2.62. The highest BCUT2D eigenvalue weighted by Gasteiger charge is 2.10. The van der Waals surface area contributed by atoms with E-state index < -0.39 is 4.92 Å². The molecule has 0 saturated heterocycles. The molecule has 2 rings (SSSR count). The Labute approximate surface area is 150 Å². The third-order valence-corrected chi connectivity index (χ3v) is 3.46. The second kappa shape index (κ2) is 9.71. The third kappa shape index (κ3) is 5.81. The monoisotopic (exact) mass is 367 g/mol. The van der Waals surface area contributed by atoms with Gasteiger partial charge in [0.15, 0.2) is 11.5 Å². The number of nitro groups is 1. The minimum absolute atomic E-state index is 0.0814. The average molecular weight is 368 g/mol. The molecule has 0 aliphatic heterocycles. The first-order valence-electron chi connectivity index (χ1n) is 7.52. The van der Waals surface area contributed by atoms with Crippen molar-refractivity contribution >= 4 is 17.3 Å².